The van der Waals surface area contributed by atoms with Crippen LogP contribution in [-0.2, 0) is 17.8 Å². The van der Waals surface area contributed by atoms with Crippen LogP contribution in [0, 0.1) is 5.92 Å². The van der Waals surface area contributed by atoms with Crippen LogP contribution in [0.1, 0.15) is 41.1 Å². The van der Waals surface area contributed by atoms with E-state index in [4.69, 9.17) is 23.2 Å². The predicted molar refractivity (Wildman–Crippen MR) is 123 cm³/mol. The van der Waals surface area contributed by atoms with Gasteiger partial charge in [-0.15, -0.1) is 11.3 Å². The molecule has 1 aromatic carbocycles. The molecule has 1 unspecified atom stereocenters. The van der Waals surface area contributed by atoms with Gasteiger partial charge < -0.3 is 10.6 Å². The van der Waals surface area contributed by atoms with Crippen LogP contribution in [0.5, 0.6) is 0 Å². The first-order valence-electron chi connectivity index (χ1n) is 10.1. The van der Waals surface area contributed by atoms with Gasteiger partial charge in [-0.3, -0.25) is 14.5 Å². The maximum absolute atomic E-state index is 12.8. The quantitative estimate of drug-likeness (QED) is 0.605. The lowest BCUT2D eigenvalue weighted by Gasteiger charge is -2.27. The summed E-state index contributed by atoms with van der Waals surface area (Å²) in [6.45, 7) is 7.30. The molecular formula is C22H27Cl2N3O2S. The predicted octanol–water partition coefficient (Wildman–Crippen LogP) is 4.37. The lowest BCUT2D eigenvalue weighted by atomic mass is 10.0. The Morgan fingerprint density at radius 2 is 2.03 bits per heavy atom. The van der Waals surface area contributed by atoms with Gasteiger partial charge in [0.2, 0.25) is 5.91 Å². The summed E-state index contributed by atoms with van der Waals surface area (Å²) in [6.07, 6.45) is 1.61. The summed E-state index contributed by atoms with van der Waals surface area (Å²) < 4.78 is 0. The van der Waals surface area contributed by atoms with Gasteiger partial charge in [0.05, 0.1) is 10.6 Å². The standard InChI is InChI=1S/C22H27Cl2N3O2S/c1-14(2)11-19(26-21(28)17-4-3-16(23)12-18(17)24)22(29)25-7-9-27-8-5-20-15(13-27)6-10-30-20/h3-4,6,10,12,14,19H,5,7-9,11,13H2,1-2H3,(H,25,29)(H,26,28). The average Bonchev–Trinajstić information content (AvgIpc) is 3.14. The van der Waals surface area contributed by atoms with Gasteiger partial charge in [0.25, 0.3) is 5.91 Å². The van der Waals surface area contributed by atoms with Crippen LogP contribution in [-0.4, -0.2) is 42.4 Å². The molecule has 8 heteroatoms. The number of nitrogens with zero attached hydrogens (tertiary/aromatic N) is 1. The first kappa shape index (κ1) is 23.1. The molecule has 0 spiro atoms. The van der Waals surface area contributed by atoms with Crippen LogP contribution in [0.3, 0.4) is 0 Å². The van der Waals surface area contributed by atoms with Crippen LogP contribution in [0.15, 0.2) is 29.6 Å². The molecule has 0 saturated carbocycles. The summed E-state index contributed by atoms with van der Waals surface area (Å²) in [7, 11) is 0. The van der Waals surface area contributed by atoms with Crippen LogP contribution < -0.4 is 10.6 Å². The number of carbonyl (C=O) groups excluding carboxylic acids is 2. The highest BCUT2D eigenvalue weighted by molar-refractivity contribution is 7.10. The molecule has 2 amide bonds. The molecule has 0 fully saturated rings. The van der Waals surface area contributed by atoms with Gasteiger partial charge in [0.1, 0.15) is 6.04 Å². The van der Waals surface area contributed by atoms with Crippen molar-refractivity contribution in [1.29, 1.82) is 0 Å². The van der Waals surface area contributed by atoms with Crippen molar-refractivity contribution < 1.29 is 9.59 Å². The van der Waals surface area contributed by atoms with Crippen molar-refractivity contribution in [2.24, 2.45) is 5.92 Å². The summed E-state index contributed by atoms with van der Waals surface area (Å²) in [5.74, 6) is -0.297. The van der Waals surface area contributed by atoms with E-state index in [1.807, 2.05) is 25.2 Å². The van der Waals surface area contributed by atoms with Crippen molar-refractivity contribution in [2.75, 3.05) is 19.6 Å². The lowest BCUT2D eigenvalue weighted by Crippen LogP contribution is -2.49. The Kier molecular flexibility index (Phi) is 8.17. The zero-order chi connectivity index (χ0) is 21.7. The van der Waals surface area contributed by atoms with Crippen LogP contribution >= 0.6 is 34.5 Å². The van der Waals surface area contributed by atoms with Gasteiger partial charge in [0, 0.05) is 36.1 Å². The van der Waals surface area contributed by atoms with Crippen LogP contribution in [0.2, 0.25) is 10.0 Å². The molecule has 30 heavy (non-hydrogen) atoms. The van der Waals surface area contributed by atoms with Crippen LogP contribution in [0.4, 0.5) is 0 Å². The number of carbonyl (C=O) groups is 2. The van der Waals surface area contributed by atoms with Crippen molar-refractivity contribution in [3.63, 3.8) is 0 Å². The number of fused-ring (bicyclic) bond motifs is 1. The molecule has 0 saturated heterocycles. The van der Waals surface area contributed by atoms with Crippen molar-refractivity contribution in [3.05, 3.63) is 55.7 Å². The number of hydrogen-bond donors (Lipinski definition) is 2. The second kappa shape index (κ2) is 10.6. The van der Waals surface area contributed by atoms with Crippen molar-refractivity contribution >= 4 is 46.4 Å². The SMILES string of the molecule is CC(C)CC(NC(=O)c1ccc(Cl)cc1Cl)C(=O)NCCN1CCc2sccc2C1. The summed E-state index contributed by atoms with van der Waals surface area (Å²) in [4.78, 5) is 29.3. The molecule has 1 atom stereocenters. The Hall–Kier alpha value is -1.60. The molecule has 2 heterocycles. The van der Waals surface area contributed by atoms with Crippen molar-refractivity contribution in [3.8, 4) is 0 Å². The summed E-state index contributed by atoms with van der Waals surface area (Å²) in [5.41, 5.74) is 1.70. The maximum atomic E-state index is 12.8. The molecule has 0 radical (unpaired) electrons. The first-order valence-corrected chi connectivity index (χ1v) is 11.8. The fraction of sp³-hybridized carbons (Fsp3) is 0.455. The van der Waals surface area contributed by atoms with E-state index in [1.165, 1.54) is 16.5 Å². The topological polar surface area (TPSA) is 61.4 Å². The van der Waals surface area contributed by atoms with E-state index >= 15 is 0 Å². The van der Waals surface area contributed by atoms with Gasteiger partial charge in [0.15, 0.2) is 0 Å². The molecule has 1 aromatic heterocycles. The lowest BCUT2D eigenvalue weighted by molar-refractivity contribution is -0.123. The smallest absolute Gasteiger partial charge is 0.253 e. The van der Waals surface area contributed by atoms with E-state index in [1.54, 1.807) is 12.1 Å². The zero-order valence-corrected chi connectivity index (χ0v) is 19.5. The molecule has 5 nitrogen and oxygen atoms in total. The Labute approximate surface area is 191 Å². The van der Waals surface area contributed by atoms with E-state index < -0.39 is 6.04 Å². The third-order valence-corrected chi connectivity index (χ3v) is 6.69. The minimum atomic E-state index is -0.617. The molecule has 162 valence electrons. The van der Waals surface area contributed by atoms with Crippen LogP contribution in [0.25, 0.3) is 0 Å². The van der Waals surface area contributed by atoms with Gasteiger partial charge >= 0.3 is 0 Å². The Balaban J connectivity index is 1.54. The van der Waals surface area contributed by atoms with E-state index in [0.29, 0.717) is 23.6 Å². The first-order chi connectivity index (χ1) is 14.3. The molecule has 0 bridgehead atoms. The summed E-state index contributed by atoms with van der Waals surface area (Å²) in [5, 5.41) is 8.68. The Morgan fingerprint density at radius 1 is 1.23 bits per heavy atom. The number of halogens is 2. The number of benzene rings is 1. The van der Waals surface area contributed by atoms with E-state index in [0.717, 1.165) is 26.1 Å². The van der Waals surface area contributed by atoms with Gasteiger partial charge in [-0.05, 0) is 54.0 Å². The molecular weight excluding hydrogens is 441 g/mol. The monoisotopic (exact) mass is 467 g/mol. The highest BCUT2D eigenvalue weighted by atomic mass is 35.5. The molecule has 1 aliphatic heterocycles. The third kappa shape index (κ3) is 6.20. The van der Waals surface area contributed by atoms with Gasteiger partial charge in [-0.25, -0.2) is 0 Å². The van der Waals surface area contributed by atoms with E-state index in [-0.39, 0.29) is 22.8 Å². The fourth-order valence-corrected chi connectivity index (χ4v) is 4.95. The third-order valence-electron chi connectivity index (χ3n) is 5.12. The highest BCUT2D eigenvalue weighted by Gasteiger charge is 2.24. The molecule has 3 rings (SSSR count). The van der Waals surface area contributed by atoms with Gasteiger partial charge in [-0.1, -0.05) is 37.0 Å². The normalized spacial score (nSPS) is 15.0. The molecule has 1 aliphatic rings. The number of amides is 2. The minimum Gasteiger partial charge on any atom is -0.353 e. The number of rotatable bonds is 8. The largest absolute Gasteiger partial charge is 0.353 e. The van der Waals surface area contributed by atoms with Crippen molar-refractivity contribution in [1.82, 2.24) is 15.5 Å². The minimum absolute atomic E-state index is 0.171. The molecule has 2 aromatic rings. The molecule has 2 N–H and O–H groups in total. The Morgan fingerprint density at radius 3 is 2.77 bits per heavy atom. The van der Waals surface area contributed by atoms with E-state index in [2.05, 4.69) is 27.0 Å². The summed E-state index contributed by atoms with van der Waals surface area (Å²) >= 11 is 13.9. The number of nitrogens with one attached hydrogen (secondary N) is 2. The van der Waals surface area contributed by atoms with Gasteiger partial charge in [-0.2, -0.15) is 0 Å². The number of thiophene rings is 1. The van der Waals surface area contributed by atoms with Crippen molar-refractivity contribution in [2.45, 2.75) is 39.3 Å². The fourth-order valence-electron chi connectivity index (χ4n) is 3.57. The number of hydrogen-bond acceptors (Lipinski definition) is 4. The molecule has 0 aliphatic carbocycles. The summed E-state index contributed by atoms with van der Waals surface area (Å²) in [6, 6.07) is 6.26. The maximum Gasteiger partial charge on any atom is 0.253 e. The second-order valence-electron chi connectivity index (χ2n) is 7.97. The second-order valence-corrected chi connectivity index (χ2v) is 9.81. The highest BCUT2D eigenvalue weighted by Crippen LogP contribution is 2.24. The van der Waals surface area contributed by atoms with E-state index in [9.17, 15) is 9.59 Å². The zero-order valence-electron chi connectivity index (χ0n) is 17.2. The Bertz CT molecular complexity index is 900. The average molecular weight is 468 g/mol.